The van der Waals surface area contributed by atoms with Gasteiger partial charge in [-0.2, -0.15) is 11.8 Å². The minimum Gasteiger partial charge on any atom is -0.299 e. The Morgan fingerprint density at radius 1 is 1.57 bits per heavy atom. The number of aryl methyl sites for hydroxylation is 1. The van der Waals surface area contributed by atoms with Crippen LogP contribution in [0.25, 0.3) is 0 Å². The molecule has 14 heavy (non-hydrogen) atoms. The Balaban J connectivity index is 2.15. The molecule has 0 N–H and O–H groups in total. The summed E-state index contributed by atoms with van der Waals surface area (Å²) in [5, 5.41) is 2.61. The number of rotatable bonds is 6. The fourth-order valence-electron chi connectivity index (χ4n) is 1.05. The van der Waals surface area contributed by atoms with Crippen molar-refractivity contribution in [2.24, 2.45) is 0 Å². The molecule has 1 nitrogen and oxygen atoms in total. The standard InChI is InChI=1S/C11H16OS2/c1-9(2)14-8-10(12)5-6-11-4-3-7-13-11/h3-4,7,9H,5-6,8H2,1-2H3. The van der Waals surface area contributed by atoms with Gasteiger partial charge in [-0.05, 0) is 23.1 Å². The predicted octanol–water partition coefficient (Wildman–Crippen LogP) is 3.39. The van der Waals surface area contributed by atoms with Gasteiger partial charge in [0.1, 0.15) is 5.78 Å². The van der Waals surface area contributed by atoms with Gasteiger partial charge in [-0.25, -0.2) is 0 Å². The molecule has 0 saturated carbocycles. The molecule has 3 heteroatoms. The van der Waals surface area contributed by atoms with Crippen LogP contribution in [-0.2, 0) is 11.2 Å². The van der Waals surface area contributed by atoms with Crippen LogP contribution in [0.4, 0.5) is 0 Å². The number of carbonyl (C=O) groups excluding carboxylic acids is 1. The second kappa shape index (κ2) is 6.25. The number of carbonyl (C=O) groups is 1. The molecule has 0 bridgehead atoms. The maximum atomic E-state index is 11.4. The van der Waals surface area contributed by atoms with Crippen LogP contribution in [0.1, 0.15) is 25.1 Å². The van der Waals surface area contributed by atoms with Crippen molar-refractivity contribution in [3.05, 3.63) is 22.4 Å². The lowest BCUT2D eigenvalue weighted by Gasteiger charge is -2.02. The van der Waals surface area contributed by atoms with Gasteiger partial charge < -0.3 is 0 Å². The lowest BCUT2D eigenvalue weighted by atomic mass is 10.2. The Bertz CT molecular complexity index is 265. The van der Waals surface area contributed by atoms with Crippen LogP contribution >= 0.6 is 23.1 Å². The lowest BCUT2D eigenvalue weighted by Crippen LogP contribution is -2.05. The van der Waals surface area contributed by atoms with Crippen LogP contribution < -0.4 is 0 Å². The normalized spacial score (nSPS) is 10.8. The Kier molecular flexibility index (Phi) is 5.26. The van der Waals surface area contributed by atoms with E-state index in [0.717, 1.165) is 6.42 Å². The van der Waals surface area contributed by atoms with E-state index in [0.29, 0.717) is 23.2 Å². The first-order valence-corrected chi connectivity index (χ1v) is 6.77. The van der Waals surface area contributed by atoms with Gasteiger partial charge >= 0.3 is 0 Å². The molecule has 0 aliphatic heterocycles. The highest BCUT2D eigenvalue weighted by molar-refractivity contribution is 8.00. The molecule has 0 unspecified atom stereocenters. The fourth-order valence-corrected chi connectivity index (χ4v) is 2.42. The van der Waals surface area contributed by atoms with Crippen molar-refractivity contribution >= 4 is 28.9 Å². The second-order valence-corrected chi connectivity index (χ2v) is 6.07. The molecule has 1 aromatic rings. The van der Waals surface area contributed by atoms with Gasteiger partial charge in [0, 0.05) is 11.3 Å². The van der Waals surface area contributed by atoms with E-state index in [2.05, 4.69) is 25.3 Å². The molecule has 0 fully saturated rings. The molecular formula is C11H16OS2. The summed E-state index contributed by atoms with van der Waals surface area (Å²) in [6, 6.07) is 4.13. The van der Waals surface area contributed by atoms with Gasteiger partial charge in [-0.3, -0.25) is 4.79 Å². The molecule has 78 valence electrons. The lowest BCUT2D eigenvalue weighted by molar-refractivity contribution is -0.116. The van der Waals surface area contributed by atoms with Crippen molar-refractivity contribution < 1.29 is 4.79 Å². The first kappa shape index (κ1) is 11.8. The van der Waals surface area contributed by atoms with Crippen molar-refractivity contribution in [2.75, 3.05) is 5.75 Å². The van der Waals surface area contributed by atoms with Crippen molar-refractivity contribution in [3.8, 4) is 0 Å². The number of hydrogen-bond donors (Lipinski definition) is 0. The zero-order valence-electron chi connectivity index (χ0n) is 8.66. The highest BCUT2D eigenvalue weighted by atomic mass is 32.2. The Labute approximate surface area is 93.9 Å². The average molecular weight is 228 g/mol. The first-order chi connectivity index (χ1) is 6.68. The van der Waals surface area contributed by atoms with E-state index in [1.54, 1.807) is 23.1 Å². The average Bonchev–Trinajstić information content (AvgIpc) is 2.63. The summed E-state index contributed by atoms with van der Waals surface area (Å²) >= 11 is 3.46. The molecule has 0 aliphatic rings. The number of thiophene rings is 1. The van der Waals surface area contributed by atoms with Crippen molar-refractivity contribution in [2.45, 2.75) is 31.9 Å². The summed E-state index contributed by atoms with van der Waals surface area (Å²) in [7, 11) is 0. The van der Waals surface area contributed by atoms with Crippen LogP contribution in [0, 0.1) is 0 Å². The third-order valence-corrected chi connectivity index (χ3v) is 3.90. The van der Waals surface area contributed by atoms with Gasteiger partial charge in [0.15, 0.2) is 0 Å². The summed E-state index contributed by atoms with van der Waals surface area (Å²) < 4.78 is 0. The number of hydrogen-bond acceptors (Lipinski definition) is 3. The smallest absolute Gasteiger partial charge is 0.143 e. The third kappa shape index (κ3) is 4.82. The van der Waals surface area contributed by atoms with E-state index in [4.69, 9.17) is 0 Å². The van der Waals surface area contributed by atoms with Gasteiger partial charge in [0.25, 0.3) is 0 Å². The van der Waals surface area contributed by atoms with Gasteiger partial charge in [0.05, 0.1) is 5.75 Å². The number of thioether (sulfide) groups is 1. The minimum absolute atomic E-state index is 0.372. The molecule has 0 amide bonds. The van der Waals surface area contributed by atoms with E-state index in [1.165, 1.54) is 4.88 Å². The van der Waals surface area contributed by atoms with E-state index in [9.17, 15) is 4.79 Å². The second-order valence-electron chi connectivity index (χ2n) is 3.48. The molecular weight excluding hydrogens is 212 g/mol. The molecule has 1 rings (SSSR count). The largest absolute Gasteiger partial charge is 0.299 e. The van der Waals surface area contributed by atoms with Gasteiger partial charge in [-0.1, -0.05) is 19.9 Å². The highest BCUT2D eigenvalue weighted by Crippen LogP contribution is 2.13. The number of ketones is 1. The zero-order valence-corrected chi connectivity index (χ0v) is 10.3. The van der Waals surface area contributed by atoms with E-state index in [-0.39, 0.29) is 0 Å². The van der Waals surface area contributed by atoms with Crippen molar-refractivity contribution in [1.29, 1.82) is 0 Å². The molecule has 1 aromatic heterocycles. The third-order valence-electron chi connectivity index (χ3n) is 1.81. The molecule has 0 radical (unpaired) electrons. The molecule has 0 spiro atoms. The van der Waals surface area contributed by atoms with Crippen molar-refractivity contribution in [3.63, 3.8) is 0 Å². The van der Waals surface area contributed by atoms with Gasteiger partial charge in [0.2, 0.25) is 0 Å². The summed E-state index contributed by atoms with van der Waals surface area (Å²) in [6.07, 6.45) is 1.61. The maximum absolute atomic E-state index is 11.4. The first-order valence-electron chi connectivity index (χ1n) is 4.84. The predicted molar refractivity (Wildman–Crippen MR) is 65.2 cm³/mol. The molecule has 0 atom stereocenters. The topological polar surface area (TPSA) is 17.1 Å². The van der Waals surface area contributed by atoms with Crippen LogP contribution in [0.2, 0.25) is 0 Å². The van der Waals surface area contributed by atoms with Crippen LogP contribution in [0.15, 0.2) is 17.5 Å². The summed E-state index contributed by atoms with van der Waals surface area (Å²) in [5.41, 5.74) is 0. The van der Waals surface area contributed by atoms with Crippen LogP contribution in [-0.4, -0.2) is 16.8 Å². The Morgan fingerprint density at radius 3 is 2.93 bits per heavy atom. The zero-order chi connectivity index (χ0) is 10.4. The summed E-state index contributed by atoms with van der Waals surface area (Å²) in [4.78, 5) is 12.7. The van der Waals surface area contributed by atoms with E-state index >= 15 is 0 Å². The summed E-state index contributed by atoms with van der Waals surface area (Å²) in [6.45, 7) is 4.24. The van der Waals surface area contributed by atoms with Crippen molar-refractivity contribution in [1.82, 2.24) is 0 Å². The SMILES string of the molecule is CC(C)SCC(=O)CCc1cccs1. The number of Topliss-reactive ketones (excluding diaryl/α,β-unsaturated/α-hetero) is 1. The molecule has 0 aliphatic carbocycles. The molecule has 1 heterocycles. The highest BCUT2D eigenvalue weighted by Gasteiger charge is 2.04. The molecule has 0 saturated heterocycles. The Hall–Kier alpha value is -0.280. The summed E-state index contributed by atoms with van der Waals surface area (Å²) in [5.74, 6) is 1.04. The van der Waals surface area contributed by atoms with E-state index < -0.39 is 0 Å². The minimum atomic E-state index is 0.372. The van der Waals surface area contributed by atoms with E-state index in [1.807, 2.05) is 6.07 Å². The maximum Gasteiger partial charge on any atom is 0.143 e. The quantitative estimate of drug-likeness (QED) is 0.742. The van der Waals surface area contributed by atoms with Gasteiger partial charge in [-0.15, -0.1) is 11.3 Å². The monoisotopic (exact) mass is 228 g/mol. The Morgan fingerprint density at radius 2 is 2.36 bits per heavy atom. The van der Waals surface area contributed by atoms with Crippen LogP contribution in [0.3, 0.4) is 0 Å². The molecule has 0 aromatic carbocycles. The fraction of sp³-hybridized carbons (Fsp3) is 0.545. The van der Waals surface area contributed by atoms with Crippen LogP contribution in [0.5, 0.6) is 0 Å².